The highest BCUT2D eigenvalue weighted by Crippen LogP contribution is 2.18. The smallest absolute Gasteiger partial charge is 0.240 e. The molecule has 1 saturated heterocycles. The lowest BCUT2D eigenvalue weighted by molar-refractivity contribution is 0.242. The van der Waals surface area contributed by atoms with Gasteiger partial charge in [0.05, 0.1) is 11.0 Å². The summed E-state index contributed by atoms with van der Waals surface area (Å²) >= 11 is 0. The van der Waals surface area contributed by atoms with Crippen LogP contribution < -0.4 is 14.8 Å². The van der Waals surface area contributed by atoms with Gasteiger partial charge in [0.1, 0.15) is 5.75 Å². The second kappa shape index (κ2) is 6.56. The molecule has 2 N–H and O–H groups in total. The van der Waals surface area contributed by atoms with Crippen LogP contribution in [0.1, 0.15) is 26.7 Å². The number of hydrogen-bond acceptors (Lipinski definition) is 4. The monoisotopic (exact) mass is 298 g/mol. The Bertz CT molecular complexity index is 520. The summed E-state index contributed by atoms with van der Waals surface area (Å²) in [6.07, 6.45) is 1.73. The van der Waals surface area contributed by atoms with E-state index in [0.29, 0.717) is 5.75 Å². The summed E-state index contributed by atoms with van der Waals surface area (Å²) in [5.41, 5.74) is 0. The number of rotatable bonds is 5. The fourth-order valence-electron chi connectivity index (χ4n) is 2.20. The zero-order valence-electron chi connectivity index (χ0n) is 11.9. The predicted octanol–water partition coefficient (Wildman–Crippen LogP) is 1.50. The van der Waals surface area contributed by atoms with E-state index in [0.717, 1.165) is 25.9 Å². The van der Waals surface area contributed by atoms with Gasteiger partial charge in [0.2, 0.25) is 10.0 Å². The predicted molar refractivity (Wildman–Crippen MR) is 78.4 cm³/mol. The molecule has 0 unspecified atom stereocenters. The summed E-state index contributed by atoms with van der Waals surface area (Å²) in [5.74, 6) is 0.681. The van der Waals surface area contributed by atoms with Crippen LogP contribution in [0.3, 0.4) is 0 Å². The van der Waals surface area contributed by atoms with Crippen molar-refractivity contribution < 1.29 is 13.2 Å². The molecule has 0 bridgehead atoms. The van der Waals surface area contributed by atoms with Crippen molar-refractivity contribution in [3.63, 3.8) is 0 Å². The summed E-state index contributed by atoms with van der Waals surface area (Å²) in [4.78, 5) is 0.284. The summed E-state index contributed by atoms with van der Waals surface area (Å²) in [5, 5.41) is 3.21. The van der Waals surface area contributed by atoms with Crippen LogP contribution in [0.25, 0.3) is 0 Å². The molecule has 1 heterocycles. The topological polar surface area (TPSA) is 67.4 Å². The standard InChI is InChI=1S/C14H22N2O3S/c1-11(2)19-13-3-5-14(6-4-13)20(17,18)16-12-7-9-15-10-8-12/h3-6,11-12,15-16H,7-10H2,1-2H3. The highest BCUT2D eigenvalue weighted by molar-refractivity contribution is 7.89. The fraction of sp³-hybridized carbons (Fsp3) is 0.571. The van der Waals surface area contributed by atoms with E-state index in [1.165, 1.54) is 0 Å². The molecule has 1 aromatic rings. The molecule has 0 aliphatic carbocycles. The van der Waals surface area contributed by atoms with Gasteiger partial charge in [-0.3, -0.25) is 0 Å². The first-order valence-electron chi connectivity index (χ1n) is 6.97. The Kier molecular flexibility index (Phi) is 5.01. The third-order valence-electron chi connectivity index (χ3n) is 3.17. The van der Waals surface area contributed by atoms with Crippen LogP contribution >= 0.6 is 0 Å². The maximum Gasteiger partial charge on any atom is 0.240 e. The number of piperidine rings is 1. The van der Waals surface area contributed by atoms with E-state index in [1.54, 1.807) is 24.3 Å². The van der Waals surface area contributed by atoms with Gasteiger partial charge in [0, 0.05) is 6.04 Å². The summed E-state index contributed by atoms with van der Waals surface area (Å²) in [6, 6.07) is 6.57. The number of benzene rings is 1. The minimum Gasteiger partial charge on any atom is -0.491 e. The van der Waals surface area contributed by atoms with Crippen molar-refractivity contribution in [2.24, 2.45) is 0 Å². The van der Waals surface area contributed by atoms with Gasteiger partial charge < -0.3 is 10.1 Å². The van der Waals surface area contributed by atoms with Gasteiger partial charge in [0.15, 0.2) is 0 Å². The van der Waals surface area contributed by atoms with Crippen LogP contribution in [-0.4, -0.2) is 33.7 Å². The average molecular weight is 298 g/mol. The van der Waals surface area contributed by atoms with E-state index in [-0.39, 0.29) is 17.0 Å². The van der Waals surface area contributed by atoms with Crippen LogP contribution in [0.4, 0.5) is 0 Å². The largest absolute Gasteiger partial charge is 0.491 e. The third kappa shape index (κ3) is 4.19. The van der Waals surface area contributed by atoms with E-state index < -0.39 is 10.0 Å². The normalized spacial score (nSPS) is 17.4. The third-order valence-corrected chi connectivity index (χ3v) is 4.70. The van der Waals surface area contributed by atoms with Crippen LogP contribution in [0, 0.1) is 0 Å². The zero-order chi connectivity index (χ0) is 14.6. The van der Waals surface area contributed by atoms with Gasteiger partial charge >= 0.3 is 0 Å². The molecule has 0 aromatic heterocycles. The van der Waals surface area contributed by atoms with E-state index in [9.17, 15) is 8.42 Å². The molecular formula is C14H22N2O3S. The Morgan fingerprint density at radius 1 is 1.20 bits per heavy atom. The van der Waals surface area contributed by atoms with Crippen LogP contribution in [0.2, 0.25) is 0 Å². The first-order valence-corrected chi connectivity index (χ1v) is 8.45. The first-order chi connectivity index (χ1) is 9.47. The van der Waals surface area contributed by atoms with Crippen molar-refractivity contribution >= 4 is 10.0 Å². The SMILES string of the molecule is CC(C)Oc1ccc(S(=O)(=O)NC2CCNCC2)cc1. The molecule has 2 rings (SSSR count). The Morgan fingerprint density at radius 3 is 2.35 bits per heavy atom. The van der Waals surface area contributed by atoms with Crippen LogP contribution in [0.5, 0.6) is 5.75 Å². The molecule has 1 fully saturated rings. The maximum atomic E-state index is 12.3. The molecule has 1 aromatic carbocycles. The zero-order valence-corrected chi connectivity index (χ0v) is 12.7. The quantitative estimate of drug-likeness (QED) is 0.864. The average Bonchev–Trinajstić information content (AvgIpc) is 2.39. The highest BCUT2D eigenvalue weighted by Gasteiger charge is 2.21. The molecule has 0 atom stereocenters. The van der Waals surface area contributed by atoms with E-state index in [4.69, 9.17) is 4.74 Å². The van der Waals surface area contributed by atoms with Gasteiger partial charge in [0.25, 0.3) is 0 Å². The molecule has 6 heteroatoms. The Morgan fingerprint density at radius 2 is 1.80 bits per heavy atom. The number of hydrogen-bond donors (Lipinski definition) is 2. The molecule has 5 nitrogen and oxygen atoms in total. The molecule has 0 spiro atoms. The second-order valence-corrected chi connectivity index (χ2v) is 7.00. The Balaban J connectivity index is 2.04. The maximum absolute atomic E-state index is 12.3. The van der Waals surface area contributed by atoms with Crippen molar-refractivity contribution in [3.8, 4) is 5.75 Å². The van der Waals surface area contributed by atoms with Gasteiger partial charge in [-0.05, 0) is 64.0 Å². The lowest BCUT2D eigenvalue weighted by Gasteiger charge is -2.23. The van der Waals surface area contributed by atoms with Crippen molar-refractivity contribution in [2.45, 2.75) is 43.7 Å². The molecule has 1 aliphatic rings. The molecular weight excluding hydrogens is 276 g/mol. The lowest BCUT2D eigenvalue weighted by atomic mass is 10.1. The molecule has 0 amide bonds. The summed E-state index contributed by atoms with van der Waals surface area (Å²) in [7, 11) is -3.44. The van der Waals surface area contributed by atoms with Gasteiger partial charge in [-0.2, -0.15) is 0 Å². The molecule has 0 saturated carbocycles. The van der Waals surface area contributed by atoms with Crippen molar-refractivity contribution in [3.05, 3.63) is 24.3 Å². The number of ether oxygens (including phenoxy) is 1. The second-order valence-electron chi connectivity index (χ2n) is 5.28. The van der Waals surface area contributed by atoms with Gasteiger partial charge in [-0.25, -0.2) is 13.1 Å². The number of sulfonamides is 1. The molecule has 1 aliphatic heterocycles. The van der Waals surface area contributed by atoms with Crippen molar-refractivity contribution in [1.29, 1.82) is 0 Å². The Hall–Kier alpha value is -1.11. The first kappa shape index (κ1) is 15.3. The minimum absolute atomic E-state index is 0.0211. The summed E-state index contributed by atoms with van der Waals surface area (Å²) < 4.78 is 32.8. The van der Waals surface area contributed by atoms with E-state index >= 15 is 0 Å². The van der Waals surface area contributed by atoms with Gasteiger partial charge in [-0.15, -0.1) is 0 Å². The van der Waals surface area contributed by atoms with Crippen LogP contribution in [0.15, 0.2) is 29.2 Å². The Labute approximate surface area is 120 Å². The fourth-order valence-corrected chi connectivity index (χ4v) is 3.50. The van der Waals surface area contributed by atoms with E-state index in [1.807, 2.05) is 13.8 Å². The minimum atomic E-state index is -3.44. The molecule has 20 heavy (non-hydrogen) atoms. The highest BCUT2D eigenvalue weighted by atomic mass is 32.2. The van der Waals surface area contributed by atoms with E-state index in [2.05, 4.69) is 10.0 Å². The number of nitrogens with one attached hydrogen (secondary N) is 2. The molecule has 0 radical (unpaired) electrons. The van der Waals surface area contributed by atoms with Crippen molar-refractivity contribution in [2.75, 3.05) is 13.1 Å². The molecule has 112 valence electrons. The van der Waals surface area contributed by atoms with Crippen molar-refractivity contribution in [1.82, 2.24) is 10.0 Å². The summed E-state index contributed by atoms with van der Waals surface area (Å²) in [6.45, 7) is 5.58. The lowest BCUT2D eigenvalue weighted by Crippen LogP contribution is -2.42. The van der Waals surface area contributed by atoms with Gasteiger partial charge in [-0.1, -0.05) is 0 Å². The van der Waals surface area contributed by atoms with Crippen LogP contribution in [-0.2, 0) is 10.0 Å².